The summed E-state index contributed by atoms with van der Waals surface area (Å²) in [6.45, 7) is 7.12. The van der Waals surface area contributed by atoms with Crippen molar-refractivity contribution in [2.24, 2.45) is 0 Å². The van der Waals surface area contributed by atoms with Crippen molar-refractivity contribution in [2.75, 3.05) is 24.3 Å². The van der Waals surface area contributed by atoms with Gasteiger partial charge >= 0.3 is 0 Å². The van der Waals surface area contributed by atoms with E-state index in [0.717, 1.165) is 22.4 Å². The van der Waals surface area contributed by atoms with Gasteiger partial charge in [0.25, 0.3) is 0 Å². The number of benzene rings is 2. The molecule has 138 valence electrons. The number of anilines is 1. The van der Waals surface area contributed by atoms with E-state index in [0.29, 0.717) is 41.2 Å². The average molecular weight is 392 g/mol. The van der Waals surface area contributed by atoms with Crippen LogP contribution in [0.5, 0.6) is 11.5 Å². The van der Waals surface area contributed by atoms with E-state index < -0.39 is 0 Å². The van der Waals surface area contributed by atoms with Crippen molar-refractivity contribution < 1.29 is 14.3 Å². The fourth-order valence-electron chi connectivity index (χ4n) is 3.06. The second-order valence-corrected chi connectivity index (χ2v) is 7.81. The highest BCUT2D eigenvalue weighted by Crippen LogP contribution is 2.39. The Bertz CT molecular complexity index is 815. The Labute approximate surface area is 163 Å². The first-order chi connectivity index (χ1) is 12.4. The minimum atomic E-state index is -0.00584. The lowest BCUT2D eigenvalue weighted by atomic mass is 10.1. The number of hydrogen-bond donors (Lipinski definition) is 1. The quantitative estimate of drug-likeness (QED) is 0.786. The molecular formula is C20H22ClNO3S. The highest BCUT2D eigenvalue weighted by Gasteiger charge is 2.17. The lowest BCUT2D eigenvalue weighted by molar-refractivity contribution is -0.113. The van der Waals surface area contributed by atoms with Crippen molar-refractivity contribution in [1.82, 2.24) is 0 Å². The Hall–Kier alpha value is -1.85. The molecule has 26 heavy (non-hydrogen) atoms. The van der Waals surface area contributed by atoms with Crippen LogP contribution >= 0.6 is 23.4 Å². The maximum Gasteiger partial charge on any atom is 0.234 e. The average Bonchev–Trinajstić information content (AvgIpc) is 2.58. The number of fused-ring (bicyclic) bond motifs is 1. The standard InChI is InChI=1S/C20H22ClNO3S/c1-12-6-13(2)19(14(3)7-12)22-18(23)11-26-10-15-8-16(21)20-17(9-15)24-4-5-25-20/h6-9H,4-5,10-11H2,1-3H3,(H,22,23). The molecule has 4 nitrogen and oxygen atoms in total. The number of aryl methyl sites for hydroxylation is 3. The molecule has 0 radical (unpaired) electrons. The SMILES string of the molecule is Cc1cc(C)c(NC(=O)CSCc2cc(Cl)c3c(c2)OCCO3)c(C)c1. The lowest BCUT2D eigenvalue weighted by Gasteiger charge is -2.20. The van der Waals surface area contributed by atoms with Crippen LogP contribution in [0.4, 0.5) is 5.69 Å². The summed E-state index contributed by atoms with van der Waals surface area (Å²) in [5.74, 6) is 2.33. The van der Waals surface area contributed by atoms with Crippen molar-refractivity contribution in [2.45, 2.75) is 26.5 Å². The Morgan fingerprint density at radius 1 is 1.12 bits per heavy atom. The maximum absolute atomic E-state index is 12.3. The third-order valence-electron chi connectivity index (χ3n) is 4.10. The molecule has 0 aliphatic carbocycles. The number of rotatable bonds is 5. The van der Waals surface area contributed by atoms with Crippen LogP contribution in [0.1, 0.15) is 22.3 Å². The highest BCUT2D eigenvalue weighted by molar-refractivity contribution is 7.99. The number of amides is 1. The van der Waals surface area contributed by atoms with Gasteiger partial charge in [0, 0.05) is 11.4 Å². The van der Waals surface area contributed by atoms with Gasteiger partial charge in [-0.3, -0.25) is 4.79 Å². The molecule has 2 aromatic rings. The van der Waals surface area contributed by atoms with Crippen molar-refractivity contribution in [3.8, 4) is 11.5 Å². The third kappa shape index (κ3) is 4.46. The predicted molar refractivity (Wildman–Crippen MR) is 108 cm³/mol. The minimum Gasteiger partial charge on any atom is -0.486 e. The number of nitrogens with one attached hydrogen (secondary N) is 1. The third-order valence-corrected chi connectivity index (χ3v) is 5.38. The molecule has 0 aromatic heterocycles. The van der Waals surface area contributed by atoms with E-state index in [2.05, 4.69) is 24.4 Å². The Morgan fingerprint density at radius 2 is 1.81 bits per heavy atom. The molecule has 1 heterocycles. The van der Waals surface area contributed by atoms with E-state index in [4.69, 9.17) is 21.1 Å². The van der Waals surface area contributed by atoms with Crippen LogP contribution in [-0.2, 0) is 10.5 Å². The zero-order chi connectivity index (χ0) is 18.7. The topological polar surface area (TPSA) is 47.6 Å². The van der Waals surface area contributed by atoms with Crippen LogP contribution in [0.2, 0.25) is 5.02 Å². The van der Waals surface area contributed by atoms with E-state index >= 15 is 0 Å². The van der Waals surface area contributed by atoms with Crippen LogP contribution in [0, 0.1) is 20.8 Å². The molecule has 1 aliphatic rings. The normalized spacial score (nSPS) is 12.8. The van der Waals surface area contributed by atoms with Crippen LogP contribution in [0.3, 0.4) is 0 Å². The van der Waals surface area contributed by atoms with Crippen molar-refractivity contribution >= 4 is 35.0 Å². The number of carbonyl (C=O) groups is 1. The largest absolute Gasteiger partial charge is 0.486 e. The lowest BCUT2D eigenvalue weighted by Crippen LogP contribution is -2.16. The summed E-state index contributed by atoms with van der Waals surface area (Å²) < 4.78 is 11.1. The highest BCUT2D eigenvalue weighted by atomic mass is 35.5. The molecule has 6 heteroatoms. The summed E-state index contributed by atoms with van der Waals surface area (Å²) in [7, 11) is 0. The Kier molecular flexibility index (Phi) is 5.99. The molecule has 0 atom stereocenters. The summed E-state index contributed by atoms with van der Waals surface area (Å²) in [5.41, 5.74) is 5.28. The molecule has 0 fully saturated rings. The van der Waals surface area contributed by atoms with Crippen molar-refractivity contribution in [3.63, 3.8) is 0 Å². The molecule has 0 saturated carbocycles. The molecule has 0 bridgehead atoms. The first kappa shape index (κ1) is 18.9. The van der Waals surface area contributed by atoms with Crippen LogP contribution < -0.4 is 14.8 Å². The minimum absolute atomic E-state index is 0.00584. The first-order valence-corrected chi connectivity index (χ1v) is 10.0. The summed E-state index contributed by atoms with van der Waals surface area (Å²) in [6, 6.07) is 7.95. The van der Waals surface area contributed by atoms with E-state index in [1.54, 1.807) is 11.8 Å². The number of halogens is 1. The molecule has 1 N–H and O–H groups in total. The first-order valence-electron chi connectivity index (χ1n) is 8.47. The molecule has 0 unspecified atom stereocenters. The van der Waals surface area contributed by atoms with Crippen LogP contribution in [-0.4, -0.2) is 24.9 Å². The Morgan fingerprint density at radius 3 is 2.54 bits per heavy atom. The Balaban J connectivity index is 1.57. The summed E-state index contributed by atoms with van der Waals surface area (Å²) in [5, 5.41) is 3.57. The van der Waals surface area contributed by atoms with Gasteiger partial charge in [-0.25, -0.2) is 0 Å². The second-order valence-electron chi connectivity index (χ2n) is 6.42. The molecule has 0 spiro atoms. The molecular weight excluding hydrogens is 370 g/mol. The van der Waals surface area contributed by atoms with Gasteiger partial charge in [0.05, 0.1) is 10.8 Å². The van der Waals surface area contributed by atoms with Crippen LogP contribution in [0.25, 0.3) is 0 Å². The fourth-order valence-corrected chi connectivity index (χ4v) is 4.11. The summed E-state index contributed by atoms with van der Waals surface area (Å²) in [6.07, 6.45) is 0. The van der Waals surface area contributed by atoms with Gasteiger partial charge in [-0.05, 0) is 49.6 Å². The van der Waals surface area contributed by atoms with Gasteiger partial charge in [-0.15, -0.1) is 11.8 Å². The molecule has 2 aromatic carbocycles. The molecule has 1 amide bonds. The van der Waals surface area contributed by atoms with Crippen molar-refractivity contribution in [1.29, 1.82) is 0 Å². The zero-order valence-corrected chi connectivity index (χ0v) is 16.7. The van der Waals surface area contributed by atoms with Gasteiger partial charge in [0.15, 0.2) is 11.5 Å². The van der Waals surface area contributed by atoms with Crippen molar-refractivity contribution in [3.05, 3.63) is 51.5 Å². The second kappa shape index (κ2) is 8.23. The zero-order valence-electron chi connectivity index (χ0n) is 15.1. The molecule has 1 aliphatic heterocycles. The van der Waals surface area contributed by atoms with Gasteiger partial charge in [-0.2, -0.15) is 0 Å². The number of thioether (sulfide) groups is 1. The van der Waals surface area contributed by atoms with Gasteiger partial charge in [0.2, 0.25) is 5.91 Å². The van der Waals surface area contributed by atoms with E-state index in [9.17, 15) is 4.79 Å². The number of ether oxygens (including phenoxy) is 2. The molecule has 3 rings (SSSR count). The maximum atomic E-state index is 12.3. The summed E-state index contributed by atoms with van der Waals surface area (Å²) >= 11 is 7.79. The van der Waals surface area contributed by atoms with E-state index in [1.807, 2.05) is 26.0 Å². The number of carbonyl (C=O) groups excluding carboxylic acids is 1. The van der Waals surface area contributed by atoms with Gasteiger partial charge < -0.3 is 14.8 Å². The number of hydrogen-bond acceptors (Lipinski definition) is 4. The molecule has 0 saturated heterocycles. The van der Waals surface area contributed by atoms with E-state index in [-0.39, 0.29) is 5.91 Å². The van der Waals surface area contributed by atoms with Gasteiger partial charge in [0.1, 0.15) is 13.2 Å². The fraction of sp³-hybridized carbons (Fsp3) is 0.350. The summed E-state index contributed by atoms with van der Waals surface area (Å²) in [4.78, 5) is 12.3. The monoisotopic (exact) mass is 391 g/mol. The predicted octanol–water partition coefficient (Wildman–Crippen LogP) is 4.91. The van der Waals surface area contributed by atoms with Crippen LogP contribution in [0.15, 0.2) is 24.3 Å². The van der Waals surface area contributed by atoms with Gasteiger partial charge in [-0.1, -0.05) is 29.3 Å². The smallest absolute Gasteiger partial charge is 0.234 e. The van der Waals surface area contributed by atoms with E-state index in [1.165, 1.54) is 5.56 Å².